The molecule has 1 saturated heterocycles. The first-order valence-corrected chi connectivity index (χ1v) is 9.47. The van der Waals surface area contributed by atoms with Gasteiger partial charge >= 0.3 is 0 Å². The van der Waals surface area contributed by atoms with Crippen molar-refractivity contribution in [2.24, 2.45) is 0 Å². The van der Waals surface area contributed by atoms with E-state index >= 15 is 0 Å². The van der Waals surface area contributed by atoms with E-state index in [0.29, 0.717) is 19.6 Å². The van der Waals surface area contributed by atoms with E-state index < -0.39 is 0 Å². The maximum absolute atomic E-state index is 12.3. The number of pyridine rings is 1. The minimum absolute atomic E-state index is 0.0745. The lowest BCUT2D eigenvalue weighted by molar-refractivity contribution is -0.136. The van der Waals surface area contributed by atoms with Gasteiger partial charge in [0.25, 0.3) is 0 Å². The Hall–Kier alpha value is -2.89. The van der Waals surface area contributed by atoms with Crippen molar-refractivity contribution in [1.29, 1.82) is 0 Å². The van der Waals surface area contributed by atoms with Crippen molar-refractivity contribution in [3.63, 3.8) is 0 Å². The Bertz CT molecular complexity index is 728. The quantitative estimate of drug-likeness (QED) is 0.600. The minimum Gasteiger partial charge on any atom is -0.356 e. The van der Waals surface area contributed by atoms with Crippen molar-refractivity contribution in [3.8, 4) is 0 Å². The van der Waals surface area contributed by atoms with E-state index in [-0.39, 0.29) is 18.2 Å². The average Bonchev–Trinajstić information content (AvgIpc) is 2.73. The Kier molecular flexibility index (Phi) is 6.79. The highest BCUT2D eigenvalue weighted by Crippen LogP contribution is 2.13. The lowest BCUT2D eigenvalue weighted by Crippen LogP contribution is -2.49. The molecule has 6 heteroatoms. The summed E-state index contributed by atoms with van der Waals surface area (Å²) in [6.07, 6.45) is 3.49. The van der Waals surface area contributed by atoms with Crippen molar-refractivity contribution in [3.05, 3.63) is 60.3 Å². The van der Waals surface area contributed by atoms with E-state index in [1.54, 1.807) is 11.1 Å². The second-order valence-corrected chi connectivity index (χ2v) is 6.67. The molecular formula is C21H26N4O2. The molecule has 0 unspecified atom stereocenters. The van der Waals surface area contributed by atoms with Crippen LogP contribution in [0.3, 0.4) is 0 Å². The Labute approximate surface area is 160 Å². The number of nitrogens with one attached hydrogen (secondary N) is 1. The van der Waals surface area contributed by atoms with Crippen LogP contribution in [-0.4, -0.2) is 54.4 Å². The third kappa shape index (κ3) is 5.81. The second kappa shape index (κ2) is 9.71. The van der Waals surface area contributed by atoms with Crippen LogP contribution in [0.4, 0.5) is 5.82 Å². The number of carbonyl (C=O) groups is 2. The molecule has 6 nitrogen and oxygen atoms in total. The first-order valence-electron chi connectivity index (χ1n) is 9.47. The number of anilines is 1. The number of carbonyl (C=O) groups excluding carboxylic acids is 2. The highest BCUT2D eigenvalue weighted by atomic mass is 16.2. The van der Waals surface area contributed by atoms with Gasteiger partial charge in [-0.3, -0.25) is 9.59 Å². The summed E-state index contributed by atoms with van der Waals surface area (Å²) < 4.78 is 0. The smallest absolute Gasteiger partial charge is 0.232 e. The molecule has 0 aliphatic carbocycles. The van der Waals surface area contributed by atoms with Gasteiger partial charge in [-0.25, -0.2) is 4.98 Å². The van der Waals surface area contributed by atoms with Crippen LogP contribution in [0.1, 0.15) is 18.4 Å². The maximum Gasteiger partial charge on any atom is 0.232 e. The Balaban J connectivity index is 1.33. The van der Waals surface area contributed by atoms with Crippen LogP contribution >= 0.6 is 0 Å². The van der Waals surface area contributed by atoms with Gasteiger partial charge in [-0.2, -0.15) is 0 Å². The zero-order valence-electron chi connectivity index (χ0n) is 15.5. The van der Waals surface area contributed by atoms with Crippen LogP contribution < -0.4 is 10.2 Å². The highest BCUT2D eigenvalue weighted by Gasteiger charge is 2.23. The second-order valence-electron chi connectivity index (χ2n) is 6.67. The first kappa shape index (κ1) is 18.9. The summed E-state index contributed by atoms with van der Waals surface area (Å²) >= 11 is 0. The molecule has 0 spiro atoms. The van der Waals surface area contributed by atoms with E-state index in [4.69, 9.17) is 0 Å². The monoisotopic (exact) mass is 366 g/mol. The van der Waals surface area contributed by atoms with E-state index in [1.807, 2.05) is 36.4 Å². The van der Waals surface area contributed by atoms with Gasteiger partial charge in [0.2, 0.25) is 11.8 Å². The standard InChI is InChI=1S/C21H26N4O2/c26-20(23-12-6-9-18-7-2-1-3-8-18)17-21(27)25-15-13-24(14-16-25)19-10-4-5-11-22-19/h1-5,7-8,10-11H,6,9,12-17H2,(H,23,26). The van der Waals surface area contributed by atoms with Crippen LogP contribution in [0.15, 0.2) is 54.7 Å². The van der Waals surface area contributed by atoms with Gasteiger partial charge in [0, 0.05) is 38.9 Å². The summed E-state index contributed by atoms with van der Waals surface area (Å²) in [6.45, 7) is 3.31. The van der Waals surface area contributed by atoms with E-state index in [9.17, 15) is 9.59 Å². The van der Waals surface area contributed by atoms with Gasteiger partial charge in [-0.15, -0.1) is 0 Å². The summed E-state index contributed by atoms with van der Waals surface area (Å²) in [4.78, 5) is 32.6. The van der Waals surface area contributed by atoms with Crippen molar-refractivity contribution in [1.82, 2.24) is 15.2 Å². The fourth-order valence-corrected chi connectivity index (χ4v) is 3.20. The first-order chi connectivity index (χ1) is 13.2. The molecule has 1 aromatic carbocycles. The summed E-state index contributed by atoms with van der Waals surface area (Å²) in [5.41, 5.74) is 1.26. The molecule has 0 radical (unpaired) electrons. The molecule has 1 fully saturated rings. The number of hydrogen-bond acceptors (Lipinski definition) is 4. The molecule has 2 amide bonds. The van der Waals surface area contributed by atoms with Crippen molar-refractivity contribution in [2.75, 3.05) is 37.6 Å². The van der Waals surface area contributed by atoms with Crippen LogP contribution in [0.5, 0.6) is 0 Å². The number of benzene rings is 1. The molecule has 142 valence electrons. The molecule has 1 N–H and O–H groups in total. The van der Waals surface area contributed by atoms with Gasteiger partial charge in [0.1, 0.15) is 12.2 Å². The predicted molar refractivity (Wildman–Crippen MR) is 105 cm³/mol. The number of amides is 2. The molecule has 1 aliphatic rings. The minimum atomic E-state index is -0.194. The van der Waals surface area contributed by atoms with Crippen LogP contribution in [0.25, 0.3) is 0 Å². The topological polar surface area (TPSA) is 65.5 Å². The Morgan fingerprint density at radius 2 is 1.70 bits per heavy atom. The van der Waals surface area contributed by atoms with Crippen molar-refractivity contribution >= 4 is 17.6 Å². The fourth-order valence-electron chi connectivity index (χ4n) is 3.20. The van der Waals surface area contributed by atoms with Crippen molar-refractivity contribution < 1.29 is 9.59 Å². The molecule has 0 saturated carbocycles. The Morgan fingerprint density at radius 1 is 0.963 bits per heavy atom. The largest absolute Gasteiger partial charge is 0.356 e. The predicted octanol–water partition coefficient (Wildman–Crippen LogP) is 1.87. The van der Waals surface area contributed by atoms with E-state index in [1.165, 1.54) is 5.56 Å². The third-order valence-corrected chi connectivity index (χ3v) is 4.72. The summed E-state index contributed by atoms with van der Waals surface area (Å²) in [5.74, 6) is 0.636. The lowest BCUT2D eigenvalue weighted by Gasteiger charge is -2.35. The van der Waals surface area contributed by atoms with E-state index in [2.05, 4.69) is 27.3 Å². The zero-order valence-corrected chi connectivity index (χ0v) is 15.5. The summed E-state index contributed by atoms with van der Waals surface area (Å²) in [6, 6.07) is 16.0. The molecule has 0 bridgehead atoms. The number of aryl methyl sites for hydroxylation is 1. The van der Waals surface area contributed by atoms with Crippen LogP contribution in [-0.2, 0) is 16.0 Å². The Morgan fingerprint density at radius 3 is 2.41 bits per heavy atom. The molecular weight excluding hydrogens is 340 g/mol. The van der Waals surface area contributed by atoms with Gasteiger partial charge in [0.05, 0.1) is 0 Å². The SMILES string of the molecule is O=C(CC(=O)N1CCN(c2ccccn2)CC1)NCCCc1ccccc1. The molecule has 0 atom stereocenters. The van der Waals surface area contributed by atoms with Gasteiger partial charge in [-0.05, 0) is 30.5 Å². The van der Waals surface area contributed by atoms with Gasteiger partial charge in [-0.1, -0.05) is 36.4 Å². The maximum atomic E-state index is 12.3. The number of rotatable bonds is 7. The third-order valence-electron chi connectivity index (χ3n) is 4.72. The number of nitrogens with zero attached hydrogens (tertiary/aromatic N) is 3. The molecule has 2 aromatic rings. The lowest BCUT2D eigenvalue weighted by atomic mass is 10.1. The molecule has 1 aliphatic heterocycles. The van der Waals surface area contributed by atoms with Gasteiger partial charge in [0.15, 0.2) is 0 Å². The highest BCUT2D eigenvalue weighted by molar-refractivity contribution is 5.96. The molecule has 3 rings (SSSR count). The number of aromatic nitrogens is 1. The zero-order chi connectivity index (χ0) is 18.9. The summed E-state index contributed by atoms with van der Waals surface area (Å²) in [5, 5.41) is 2.85. The molecule has 2 heterocycles. The summed E-state index contributed by atoms with van der Waals surface area (Å²) in [7, 11) is 0. The van der Waals surface area contributed by atoms with E-state index in [0.717, 1.165) is 31.7 Å². The van der Waals surface area contributed by atoms with Crippen molar-refractivity contribution in [2.45, 2.75) is 19.3 Å². The number of hydrogen-bond donors (Lipinski definition) is 1. The molecule has 27 heavy (non-hydrogen) atoms. The van der Waals surface area contributed by atoms with Crippen LogP contribution in [0, 0.1) is 0 Å². The number of piperazine rings is 1. The van der Waals surface area contributed by atoms with Crippen LogP contribution in [0.2, 0.25) is 0 Å². The average molecular weight is 366 g/mol. The normalized spacial score (nSPS) is 14.1. The van der Waals surface area contributed by atoms with Gasteiger partial charge < -0.3 is 15.1 Å². The fraction of sp³-hybridized carbons (Fsp3) is 0.381. The molecule has 1 aromatic heterocycles.